The lowest BCUT2D eigenvalue weighted by Crippen LogP contribution is -2.37. The molecule has 112 valence electrons. The number of amides is 1. The van der Waals surface area contributed by atoms with Crippen molar-refractivity contribution in [1.82, 2.24) is 19.8 Å². The van der Waals surface area contributed by atoms with Gasteiger partial charge in [-0.25, -0.2) is 0 Å². The molecule has 0 unspecified atom stereocenters. The zero-order valence-electron chi connectivity index (χ0n) is 12.8. The van der Waals surface area contributed by atoms with Gasteiger partial charge in [-0.1, -0.05) is 25.3 Å². The van der Waals surface area contributed by atoms with Gasteiger partial charge < -0.3 is 10.2 Å². The number of hydrogen-bond donors (Lipinski definition) is 1. The second-order valence-corrected chi connectivity index (χ2v) is 7.33. The van der Waals surface area contributed by atoms with Crippen LogP contribution in [-0.2, 0) is 5.41 Å². The largest absolute Gasteiger partial charge is 0.341 e. The van der Waals surface area contributed by atoms with Gasteiger partial charge in [0.2, 0.25) is 0 Å². The molecule has 0 spiro atoms. The van der Waals surface area contributed by atoms with Gasteiger partial charge in [0.05, 0.1) is 5.69 Å². The topological polar surface area (TPSA) is 58.1 Å². The second-order valence-electron chi connectivity index (χ2n) is 6.58. The molecular formula is C14H24N4OS. The first-order valence-electron chi connectivity index (χ1n) is 7.18. The fraction of sp³-hybridized carbons (Fsp3) is 0.786. The van der Waals surface area contributed by atoms with Crippen LogP contribution in [0.25, 0.3) is 0 Å². The molecule has 2 rings (SSSR count). The van der Waals surface area contributed by atoms with Crippen molar-refractivity contribution in [2.75, 3.05) is 26.7 Å². The van der Waals surface area contributed by atoms with E-state index in [9.17, 15) is 4.79 Å². The number of rotatable bonds is 3. The van der Waals surface area contributed by atoms with Gasteiger partial charge >= 0.3 is 0 Å². The van der Waals surface area contributed by atoms with E-state index in [0.717, 1.165) is 38.2 Å². The maximum atomic E-state index is 12.6. The molecule has 6 heteroatoms. The predicted molar refractivity (Wildman–Crippen MR) is 81.2 cm³/mol. The van der Waals surface area contributed by atoms with Crippen LogP contribution in [0.5, 0.6) is 0 Å². The van der Waals surface area contributed by atoms with Crippen molar-refractivity contribution < 1.29 is 4.79 Å². The van der Waals surface area contributed by atoms with Crippen molar-refractivity contribution in [2.45, 2.75) is 39.0 Å². The Morgan fingerprint density at radius 2 is 2.05 bits per heavy atom. The van der Waals surface area contributed by atoms with Gasteiger partial charge in [-0.05, 0) is 43.4 Å². The van der Waals surface area contributed by atoms with E-state index in [0.29, 0.717) is 10.8 Å². The van der Waals surface area contributed by atoms with Gasteiger partial charge in [-0.2, -0.15) is 0 Å². The Balaban J connectivity index is 2.05. The van der Waals surface area contributed by atoms with E-state index in [1.807, 2.05) is 11.9 Å². The SMILES string of the molecule is CN(CC1CCNCC1)C(=O)c1snnc1C(C)(C)C. The summed E-state index contributed by atoms with van der Waals surface area (Å²) < 4.78 is 3.97. The Morgan fingerprint density at radius 3 is 2.65 bits per heavy atom. The molecule has 2 heterocycles. The lowest BCUT2D eigenvalue weighted by molar-refractivity contribution is 0.0765. The highest BCUT2D eigenvalue weighted by Crippen LogP contribution is 2.27. The Morgan fingerprint density at radius 1 is 1.40 bits per heavy atom. The molecule has 0 saturated carbocycles. The summed E-state index contributed by atoms with van der Waals surface area (Å²) >= 11 is 1.21. The molecular weight excluding hydrogens is 272 g/mol. The van der Waals surface area contributed by atoms with E-state index < -0.39 is 0 Å². The predicted octanol–water partition coefficient (Wildman–Crippen LogP) is 1.91. The number of piperidine rings is 1. The van der Waals surface area contributed by atoms with Crippen molar-refractivity contribution in [1.29, 1.82) is 0 Å². The molecule has 0 atom stereocenters. The zero-order valence-corrected chi connectivity index (χ0v) is 13.6. The lowest BCUT2D eigenvalue weighted by atomic mass is 9.91. The molecule has 1 aromatic heterocycles. The van der Waals surface area contributed by atoms with Gasteiger partial charge in [-0.3, -0.25) is 4.79 Å². The summed E-state index contributed by atoms with van der Waals surface area (Å²) in [5, 5.41) is 7.50. The minimum absolute atomic E-state index is 0.0588. The third-order valence-electron chi connectivity index (χ3n) is 3.73. The van der Waals surface area contributed by atoms with Gasteiger partial charge in [0, 0.05) is 19.0 Å². The minimum atomic E-state index is -0.145. The fourth-order valence-electron chi connectivity index (χ4n) is 2.53. The Kier molecular flexibility index (Phi) is 4.75. The first kappa shape index (κ1) is 15.4. The monoisotopic (exact) mass is 296 g/mol. The first-order valence-corrected chi connectivity index (χ1v) is 7.96. The summed E-state index contributed by atoms with van der Waals surface area (Å²) in [6, 6.07) is 0. The maximum Gasteiger partial charge on any atom is 0.267 e. The molecule has 1 fully saturated rings. The molecule has 5 nitrogen and oxygen atoms in total. The van der Waals surface area contributed by atoms with Gasteiger partial charge in [-0.15, -0.1) is 5.10 Å². The maximum absolute atomic E-state index is 12.6. The van der Waals surface area contributed by atoms with E-state index in [1.54, 1.807) is 0 Å². The average Bonchev–Trinajstić information content (AvgIpc) is 2.88. The van der Waals surface area contributed by atoms with Crippen molar-refractivity contribution in [3.63, 3.8) is 0 Å². The number of hydrogen-bond acceptors (Lipinski definition) is 5. The summed E-state index contributed by atoms with van der Waals surface area (Å²) in [6.07, 6.45) is 2.29. The zero-order chi connectivity index (χ0) is 14.8. The lowest BCUT2D eigenvalue weighted by Gasteiger charge is -2.27. The molecule has 1 N–H and O–H groups in total. The van der Waals surface area contributed by atoms with E-state index in [-0.39, 0.29) is 11.3 Å². The first-order chi connectivity index (χ1) is 9.39. The Hall–Kier alpha value is -1.01. The highest BCUT2D eigenvalue weighted by atomic mass is 32.1. The van der Waals surface area contributed by atoms with E-state index in [1.165, 1.54) is 11.5 Å². The smallest absolute Gasteiger partial charge is 0.267 e. The van der Waals surface area contributed by atoms with Crippen LogP contribution < -0.4 is 5.32 Å². The van der Waals surface area contributed by atoms with E-state index in [4.69, 9.17) is 0 Å². The quantitative estimate of drug-likeness (QED) is 0.925. The number of carbonyl (C=O) groups is 1. The summed E-state index contributed by atoms with van der Waals surface area (Å²) in [6.45, 7) is 9.13. The van der Waals surface area contributed by atoms with Crippen LogP contribution >= 0.6 is 11.5 Å². The highest BCUT2D eigenvalue weighted by molar-refractivity contribution is 7.08. The molecule has 1 aliphatic rings. The number of nitrogens with one attached hydrogen (secondary N) is 1. The van der Waals surface area contributed by atoms with Crippen LogP contribution in [0, 0.1) is 5.92 Å². The standard InChI is InChI=1S/C14H24N4OS/c1-14(2,3)12-11(20-17-16-12)13(19)18(4)9-10-5-7-15-8-6-10/h10,15H,5-9H2,1-4H3. The van der Waals surface area contributed by atoms with Crippen LogP contribution in [0.2, 0.25) is 0 Å². The third kappa shape index (κ3) is 3.55. The highest BCUT2D eigenvalue weighted by Gasteiger charge is 2.28. The molecule has 20 heavy (non-hydrogen) atoms. The fourth-order valence-corrected chi connectivity index (χ4v) is 3.40. The van der Waals surface area contributed by atoms with Crippen molar-refractivity contribution in [3.8, 4) is 0 Å². The summed E-state index contributed by atoms with van der Waals surface area (Å²) in [7, 11) is 1.89. The van der Waals surface area contributed by atoms with Gasteiger partial charge in [0.25, 0.3) is 5.91 Å². The second kappa shape index (κ2) is 6.18. The summed E-state index contributed by atoms with van der Waals surface area (Å²) in [5.41, 5.74) is 0.665. The van der Waals surface area contributed by atoms with Crippen molar-refractivity contribution >= 4 is 17.4 Å². The average molecular weight is 296 g/mol. The van der Waals surface area contributed by atoms with Crippen LogP contribution in [0.3, 0.4) is 0 Å². The molecule has 1 amide bonds. The molecule has 0 radical (unpaired) electrons. The Labute approximate surface area is 124 Å². The summed E-state index contributed by atoms with van der Waals surface area (Å²) in [5.74, 6) is 0.660. The third-order valence-corrected chi connectivity index (χ3v) is 4.44. The molecule has 0 bridgehead atoms. The van der Waals surface area contributed by atoms with Crippen LogP contribution in [-0.4, -0.2) is 47.1 Å². The van der Waals surface area contributed by atoms with Gasteiger partial charge in [0.15, 0.2) is 0 Å². The summed E-state index contributed by atoms with van der Waals surface area (Å²) in [4.78, 5) is 15.1. The molecule has 0 aliphatic carbocycles. The van der Waals surface area contributed by atoms with E-state index >= 15 is 0 Å². The van der Waals surface area contributed by atoms with Crippen LogP contribution in [0.1, 0.15) is 49.0 Å². The van der Waals surface area contributed by atoms with Crippen LogP contribution in [0.4, 0.5) is 0 Å². The molecule has 1 aliphatic heterocycles. The minimum Gasteiger partial charge on any atom is -0.341 e. The molecule has 1 saturated heterocycles. The van der Waals surface area contributed by atoms with E-state index in [2.05, 4.69) is 35.7 Å². The number of nitrogens with zero attached hydrogens (tertiary/aromatic N) is 3. The molecule has 0 aromatic carbocycles. The number of aromatic nitrogens is 2. The van der Waals surface area contributed by atoms with Crippen LogP contribution in [0.15, 0.2) is 0 Å². The van der Waals surface area contributed by atoms with Crippen molar-refractivity contribution in [2.24, 2.45) is 5.92 Å². The van der Waals surface area contributed by atoms with Crippen molar-refractivity contribution in [3.05, 3.63) is 10.6 Å². The van der Waals surface area contributed by atoms with Gasteiger partial charge in [0.1, 0.15) is 4.88 Å². The Bertz CT molecular complexity index is 460. The normalized spacial score (nSPS) is 17.2. The molecule has 1 aromatic rings. The number of carbonyl (C=O) groups excluding carboxylic acids is 1.